The molecule has 0 aliphatic heterocycles. The maximum Gasteiger partial charge on any atom is 0.143 e. The maximum atomic E-state index is 5.83. The van der Waals surface area contributed by atoms with Crippen molar-refractivity contribution in [2.24, 2.45) is 0 Å². The summed E-state index contributed by atoms with van der Waals surface area (Å²) in [5.74, 6) is 1.68. The molecule has 0 aliphatic carbocycles. The van der Waals surface area contributed by atoms with Gasteiger partial charge in [-0.15, -0.1) is 5.10 Å². The van der Waals surface area contributed by atoms with Crippen LogP contribution in [0.4, 0.5) is 0 Å². The van der Waals surface area contributed by atoms with Crippen LogP contribution in [-0.4, -0.2) is 33.4 Å². The first-order chi connectivity index (χ1) is 11.2. The molecule has 23 heavy (non-hydrogen) atoms. The van der Waals surface area contributed by atoms with Gasteiger partial charge in [-0.2, -0.15) is 0 Å². The van der Waals surface area contributed by atoms with Gasteiger partial charge in [-0.3, -0.25) is 0 Å². The topological polar surface area (TPSA) is 62.1 Å². The first kappa shape index (κ1) is 15.0. The molecule has 118 valence electrons. The molecule has 0 radical (unpaired) electrons. The summed E-state index contributed by atoms with van der Waals surface area (Å²) >= 11 is 0. The van der Waals surface area contributed by atoms with Crippen LogP contribution in [0.1, 0.15) is 11.1 Å². The summed E-state index contributed by atoms with van der Waals surface area (Å²) in [6, 6.07) is 13.7. The molecule has 0 amide bonds. The van der Waals surface area contributed by atoms with Gasteiger partial charge >= 0.3 is 0 Å². The number of ether oxygens (including phenoxy) is 2. The van der Waals surface area contributed by atoms with Gasteiger partial charge in [0.2, 0.25) is 0 Å². The number of para-hydroxylation sites is 1. The van der Waals surface area contributed by atoms with E-state index in [-0.39, 0.29) is 0 Å². The normalized spacial score (nSPS) is 10.5. The second kappa shape index (κ2) is 6.91. The van der Waals surface area contributed by atoms with Gasteiger partial charge in [-0.05, 0) is 47.5 Å². The number of tetrazole rings is 1. The summed E-state index contributed by atoms with van der Waals surface area (Å²) in [7, 11) is 0. The number of nitrogens with zero attached hydrogens (tertiary/aromatic N) is 4. The first-order valence-corrected chi connectivity index (χ1v) is 7.39. The van der Waals surface area contributed by atoms with Gasteiger partial charge in [0.15, 0.2) is 0 Å². The van der Waals surface area contributed by atoms with E-state index in [1.165, 1.54) is 0 Å². The van der Waals surface area contributed by atoms with E-state index in [0.717, 1.165) is 28.3 Å². The van der Waals surface area contributed by atoms with Gasteiger partial charge < -0.3 is 9.47 Å². The Morgan fingerprint density at radius 3 is 2.43 bits per heavy atom. The molecular formula is C17H18N4O2. The van der Waals surface area contributed by atoms with E-state index in [2.05, 4.69) is 15.5 Å². The lowest BCUT2D eigenvalue weighted by molar-refractivity contribution is 0.215. The van der Waals surface area contributed by atoms with Crippen LogP contribution in [0.5, 0.6) is 11.5 Å². The molecule has 6 nitrogen and oxygen atoms in total. The fraction of sp³-hybridized carbons (Fsp3) is 0.235. The van der Waals surface area contributed by atoms with Crippen molar-refractivity contribution in [2.45, 2.75) is 13.8 Å². The Balaban J connectivity index is 1.56. The highest BCUT2D eigenvalue weighted by Crippen LogP contribution is 2.22. The molecule has 0 saturated carbocycles. The molecule has 0 aliphatic rings. The Labute approximate surface area is 134 Å². The standard InChI is InChI=1S/C17H18N4O2/c1-13-5-3-6-14(2)17(13)23-10-9-22-16-8-4-7-15(11-16)21-12-18-19-20-21/h3-8,11-12H,9-10H2,1-2H3. The van der Waals surface area contributed by atoms with E-state index in [1.807, 2.05) is 56.3 Å². The second-order valence-corrected chi connectivity index (χ2v) is 5.17. The third kappa shape index (κ3) is 3.66. The molecule has 0 bridgehead atoms. The fourth-order valence-electron chi connectivity index (χ4n) is 2.33. The lowest BCUT2D eigenvalue weighted by Crippen LogP contribution is -2.10. The third-order valence-corrected chi connectivity index (χ3v) is 3.44. The predicted octanol–water partition coefficient (Wildman–Crippen LogP) is 2.74. The number of aromatic nitrogens is 4. The maximum absolute atomic E-state index is 5.83. The minimum Gasteiger partial charge on any atom is -0.490 e. The number of hydrogen-bond acceptors (Lipinski definition) is 5. The number of aryl methyl sites for hydroxylation is 2. The zero-order valence-corrected chi connectivity index (χ0v) is 13.1. The van der Waals surface area contributed by atoms with Crippen molar-refractivity contribution in [3.63, 3.8) is 0 Å². The lowest BCUT2D eigenvalue weighted by Gasteiger charge is -2.12. The zero-order valence-electron chi connectivity index (χ0n) is 13.1. The predicted molar refractivity (Wildman–Crippen MR) is 86.1 cm³/mol. The van der Waals surface area contributed by atoms with E-state index < -0.39 is 0 Å². The summed E-state index contributed by atoms with van der Waals surface area (Å²) in [6.45, 7) is 5.03. The lowest BCUT2D eigenvalue weighted by atomic mass is 10.1. The molecule has 6 heteroatoms. The summed E-state index contributed by atoms with van der Waals surface area (Å²) in [5.41, 5.74) is 3.11. The molecule has 0 N–H and O–H groups in total. The highest BCUT2D eigenvalue weighted by Gasteiger charge is 2.04. The van der Waals surface area contributed by atoms with Crippen LogP contribution in [0.3, 0.4) is 0 Å². The summed E-state index contributed by atoms with van der Waals surface area (Å²) in [5, 5.41) is 11.1. The Bertz CT molecular complexity index is 752. The van der Waals surface area contributed by atoms with Gasteiger partial charge in [-0.1, -0.05) is 24.3 Å². The van der Waals surface area contributed by atoms with Crippen molar-refractivity contribution in [3.8, 4) is 17.2 Å². The number of benzene rings is 2. The molecule has 1 aromatic heterocycles. The van der Waals surface area contributed by atoms with Gasteiger partial charge in [0, 0.05) is 6.07 Å². The number of rotatable bonds is 6. The first-order valence-electron chi connectivity index (χ1n) is 7.39. The quantitative estimate of drug-likeness (QED) is 0.655. The van der Waals surface area contributed by atoms with Crippen LogP contribution >= 0.6 is 0 Å². The zero-order chi connectivity index (χ0) is 16.1. The molecule has 1 heterocycles. The summed E-state index contributed by atoms with van der Waals surface area (Å²) in [4.78, 5) is 0. The minimum absolute atomic E-state index is 0.465. The molecule has 0 atom stereocenters. The Hall–Kier alpha value is -2.89. The molecule has 0 spiro atoms. The van der Waals surface area contributed by atoms with Crippen LogP contribution in [0.2, 0.25) is 0 Å². The van der Waals surface area contributed by atoms with Crippen LogP contribution in [0, 0.1) is 13.8 Å². The van der Waals surface area contributed by atoms with Crippen LogP contribution < -0.4 is 9.47 Å². The van der Waals surface area contributed by atoms with E-state index in [9.17, 15) is 0 Å². The average molecular weight is 310 g/mol. The van der Waals surface area contributed by atoms with Crippen molar-refractivity contribution in [1.29, 1.82) is 0 Å². The Morgan fingerprint density at radius 1 is 0.957 bits per heavy atom. The Morgan fingerprint density at radius 2 is 1.70 bits per heavy atom. The van der Waals surface area contributed by atoms with E-state index in [1.54, 1.807) is 11.0 Å². The number of hydrogen-bond donors (Lipinski definition) is 0. The fourth-order valence-corrected chi connectivity index (χ4v) is 2.33. The second-order valence-electron chi connectivity index (χ2n) is 5.17. The van der Waals surface area contributed by atoms with Crippen molar-refractivity contribution in [1.82, 2.24) is 20.2 Å². The van der Waals surface area contributed by atoms with E-state index in [0.29, 0.717) is 13.2 Å². The van der Waals surface area contributed by atoms with Crippen molar-refractivity contribution < 1.29 is 9.47 Å². The minimum atomic E-state index is 0.465. The van der Waals surface area contributed by atoms with Crippen molar-refractivity contribution in [2.75, 3.05) is 13.2 Å². The van der Waals surface area contributed by atoms with E-state index in [4.69, 9.17) is 9.47 Å². The summed E-state index contributed by atoms with van der Waals surface area (Å²) in [6.07, 6.45) is 1.54. The monoisotopic (exact) mass is 310 g/mol. The molecule has 2 aromatic carbocycles. The van der Waals surface area contributed by atoms with Crippen LogP contribution in [0.25, 0.3) is 5.69 Å². The Kier molecular flexibility index (Phi) is 4.52. The smallest absolute Gasteiger partial charge is 0.143 e. The molecule has 0 saturated heterocycles. The van der Waals surface area contributed by atoms with Crippen molar-refractivity contribution >= 4 is 0 Å². The molecule has 0 fully saturated rings. The molecule has 0 unspecified atom stereocenters. The van der Waals surface area contributed by atoms with E-state index >= 15 is 0 Å². The highest BCUT2D eigenvalue weighted by molar-refractivity contribution is 5.40. The highest BCUT2D eigenvalue weighted by atomic mass is 16.5. The van der Waals surface area contributed by atoms with Gasteiger partial charge in [0.1, 0.15) is 31.0 Å². The van der Waals surface area contributed by atoms with Crippen LogP contribution in [-0.2, 0) is 0 Å². The molecule has 3 rings (SSSR count). The van der Waals surface area contributed by atoms with Gasteiger partial charge in [0.05, 0.1) is 5.69 Å². The van der Waals surface area contributed by atoms with Gasteiger partial charge in [0.25, 0.3) is 0 Å². The molecule has 3 aromatic rings. The average Bonchev–Trinajstić information content (AvgIpc) is 3.08. The van der Waals surface area contributed by atoms with Crippen LogP contribution in [0.15, 0.2) is 48.8 Å². The molecular weight excluding hydrogens is 292 g/mol. The summed E-state index contributed by atoms with van der Waals surface area (Å²) < 4.78 is 13.2. The largest absolute Gasteiger partial charge is 0.490 e. The third-order valence-electron chi connectivity index (χ3n) is 3.44. The van der Waals surface area contributed by atoms with Crippen molar-refractivity contribution in [3.05, 3.63) is 59.9 Å². The van der Waals surface area contributed by atoms with Gasteiger partial charge in [-0.25, -0.2) is 4.68 Å². The SMILES string of the molecule is Cc1cccc(C)c1OCCOc1cccc(-n2cnnn2)c1.